The quantitative estimate of drug-likeness (QED) is 0.396. The van der Waals surface area contributed by atoms with E-state index in [-0.39, 0.29) is 11.8 Å². The summed E-state index contributed by atoms with van der Waals surface area (Å²) in [6, 6.07) is 9.78. The van der Waals surface area contributed by atoms with Crippen LogP contribution in [-0.4, -0.2) is 23.6 Å². The predicted molar refractivity (Wildman–Crippen MR) is 121 cm³/mol. The maximum atomic E-state index is 11.8. The summed E-state index contributed by atoms with van der Waals surface area (Å²) >= 11 is 0. The molecule has 1 aromatic carbocycles. The van der Waals surface area contributed by atoms with E-state index >= 15 is 0 Å². The van der Waals surface area contributed by atoms with Crippen LogP contribution in [0.5, 0.6) is 0 Å². The van der Waals surface area contributed by atoms with E-state index in [1.54, 1.807) is 0 Å². The van der Waals surface area contributed by atoms with Gasteiger partial charge in [-0.1, -0.05) is 45.0 Å². The number of hydrogen-bond donors (Lipinski definition) is 3. The number of nitrogens with zero attached hydrogens (tertiary/aromatic N) is 2. The summed E-state index contributed by atoms with van der Waals surface area (Å²) in [5.74, 6) is 1.93. The molecule has 1 heterocycles. The number of amides is 1. The van der Waals surface area contributed by atoms with Crippen molar-refractivity contribution in [2.24, 2.45) is 10.9 Å². The van der Waals surface area contributed by atoms with E-state index in [2.05, 4.69) is 39.9 Å². The van der Waals surface area contributed by atoms with E-state index in [0.717, 1.165) is 48.1 Å². The Bertz CT molecular complexity index is 807. The van der Waals surface area contributed by atoms with Crippen molar-refractivity contribution in [3.8, 4) is 0 Å². The van der Waals surface area contributed by atoms with E-state index in [4.69, 9.17) is 4.52 Å². The van der Waals surface area contributed by atoms with Crippen LogP contribution in [0, 0.1) is 5.92 Å². The largest absolute Gasteiger partial charge is 0.359 e. The van der Waals surface area contributed by atoms with Crippen molar-refractivity contribution in [1.29, 1.82) is 0 Å². The number of nitrogens with one attached hydrogen (secondary N) is 3. The number of carbonyl (C=O) groups is 1. The Hall–Kier alpha value is -2.83. The zero-order valence-corrected chi connectivity index (χ0v) is 18.8. The molecular formula is C23H35N5O2. The fourth-order valence-corrected chi connectivity index (χ4v) is 2.97. The minimum Gasteiger partial charge on any atom is -0.359 e. The van der Waals surface area contributed by atoms with Gasteiger partial charge in [0.25, 0.3) is 0 Å². The van der Waals surface area contributed by atoms with Crippen LogP contribution in [0.2, 0.25) is 0 Å². The van der Waals surface area contributed by atoms with Crippen molar-refractivity contribution in [2.45, 2.75) is 66.5 Å². The highest BCUT2D eigenvalue weighted by Crippen LogP contribution is 2.22. The number of aromatic nitrogens is 1. The molecule has 0 radical (unpaired) electrons. The number of guanidine groups is 1. The van der Waals surface area contributed by atoms with Crippen molar-refractivity contribution in [1.82, 2.24) is 15.8 Å². The van der Waals surface area contributed by atoms with Gasteiger partial charge < -0.3 is 20.5 Å². The number of carbonyl (C=O) groups excluding carboxylic acids is 1. The smallest absolute Gasteiger partial charge is 0.226 e. The summed E-state index contributed by atoms with van der Waals surface area (Å²) in [6.07, 6.45) is 2.11. The lowest BCUT2D eigenvalue weighted by Gasteiger charge is -2.10. The highest BCUT2D eigenvalue weighted by Gasteiger charge is 2.13. The van der Waals surface area contributed by atoms with Gasteiger partial charge in [-0.3, -0.25) is 4.79 Å². The molecule has 0 saturated heterocycles. The van der Waals surface area contributed by atoms with Gasteiger partial charge in [0.2, 0.25) is 5.91 Å². The Morgan fingerprint density at radius 3 is 2.40 bits per heavy atom. The summed E-state index contributed by atoms with van der Waals surface area (Å²) in [5, 5.41) is 13.6. The van der Waals surface area contributed by atoms with Crippen LogP contribution >= 0.6 is 0 Å². The molecule has 0 aliphatic rings. The van der Waals surface area contributed by atoms with Crippen LogP contribution in [0.15, 0.2) is 39.8 Å². The van der Waals surface area contributed by atoms with Crippen LogP contribution in [0.3, 0.4) is 0 Å². The van der Waals surface area contributed by atoms with Gasteiger partial charge in [0.15, 0.2) is 11.7 Å². The average molecular weight is 414 g/mol. The SMILES string of the molecule is CCNC(=NCc1ccc(NC(=O)C(C)C)cc1)NCc1cc(C(CC)CC)no1. The summed E-state index contributed by atoms with van der Waals surface area (Å²) in [5.41, 5.74) is 2.87. The molecule has 1 aromatic heterocycles. The molecule has 0 unspecified atom stereocenters. The number of benzene rings is 1. The van der Waals surface area contributed by atoms with Crippen molar-refractivity contribution in [2.75, 3.05) is 11.9 Å². The fraction of sp³-hybridized carbons (Fsp3) is 0.522. The second kappa shape index (κ2) is 12.0. The monoisotopic (exact) mass is 413 g/mol. The first-order valence-corrected chi connectivity index (χ1v) is 10.8. The molecule has 1 amide bonds. The fourth-order valence-electron chi connectivity index (χ4n) is 2.97. The summed E-state index contributed by atoms with van der Waals surface area (Å²) in [4.78, 5) is 16.4. The third-order valence-corrected chi connectivity index (χ3v) is 4.92. The van der Waals surface area contributed by atoms with Gasteiger partial charge in [0.05, 0.1) is 18.8 Å². The molecule has 164 valence electrons. The van der Waals surface area contributed by atoms with Crippen molar-refractivity contribution in [3.63, 3.8) is 0 Å². The predicted octanol–water partition coefficient (Wildman–Crippen LogP) is 4.43. The lowest BCUT2D eigenvalue weighted by atomic mass is 9.99. The number of aliphatic imine (C=N–C) groups is 1. The van der Waals surface area contributed by atoms with Gasteiger partial charge in [-0.05, 0) is 37.5 Å². The molecule has 0 aliphatic heterocycles. The zero-order valence-electron chi connectivity index (χ0n) is 18.8. The third kappa shape index (κ3) is 7.21. The van der Waals surface area contributed by atoms with Gasteiger partial charge in [0, 0.05) is 30.1 Å². The molecule has 3 N–H and O–H groups in total. The maximum Gasteiger partial charge on any atom is 0.226 e. The van der Waals surface area contributed by atoms with Crippen molar-refractivity contribution < 1.29 is 9.32 Å². The van der Waals surface area contributed by atoms with Gasteiger partial charge in [-0.2, -0.15) is 0 Å². The summed E-state index contributed by atoms with van der Waals surface area (Å²) in [6.45, 7) is 11.9. The molecule has 2 rings (SSSR count). The Morgan fingerprint density at radius 1 is 1.10 bits per heavy atom. The van der Waals surface area contributed by atoms with Crippen LogP contribution in [0.4, 0.5) is 5.69 Å². The average Bonchev–Trinajstić information content (AvgIpc) is 3.20. The van der Waals surface area contributed by atoms with Crippen LogP contribution < -0.4 is 16.0 Å². The highest BCUT2D eigenvalue weighted by atomic mass is 16.5. The first kappa shape index (κ1) is 23.4. The minimum atomic E-state index is -0.0432. The van der Waals surface area contributed by atoms with Crippen LogP contribution in [0.1, 0.15) is 70.4 Å². The lowest BCUT2D eigenvalue weighted by molar-refractivity contribution is -0.118. The zero-order chi connectivity index (χ0) is 21.9. The number of rotatable bonds is 10. The lowest BCUT2D eigenvalue weighted by Crippen LogP contribution is -2.36. The normalized spacial score (nSPS) is 11.8. The second-order valence-electron chi connectivity index (χ2n) is 7.62. The number of hydrogen-bond acceptors (Lipinski definition) is 4. The molecular weight excluding hydrogens is 378 g/mol. The topological polar surface area (TPSA) is 91.5 Å². The van der Waals surface area contributed by atoms with Crippen molar-refractivity contribution in [3.05, 3.63) is 47.3 Å². The molecule has 0 bridgehead atoms. The molecule has 0 spiro atoms. The Balaban J connectivity index is 1.93. The maximum absolute atomic E-state index is 11.8. The van der Waals surface area contributed by atoms with Gasteiger partial charge >= 0.3 is 0 Å². The molecule has 0 saturated carbocycles. The van der Waals surface area contributed by atoms with E-state index < -0.39 is 0 Å². The molecule has 0 fully saturated rings. The molecule has 7 heteroatoms. The molecule has 0 aliphatic carbocycles. The first-order chi connectivity index (χ1) is 14.5. The van der Waals surface area contributed by atoms with Crippen LogP contribution in [0.25, 0.3) is 0 Å². The summed E-state index contributed by atoms with van der Waals surface area (Å²) < 4.78 is 5.47. The van der Waals surface area contributed by atoms with E-state index in [1.807, 2.05) is 51.1 Å². The Labute approximate surface area is 179 Å². The Morgan fingerprint density at radius 2 is 1.80 bits per heavy atom. The molecule has 2 aromatic rings. The Kier molecular flexibility index (Phi) is 9.38. The first-order valence-electron chi connectivity index (χ1n) is 10.8. The third-order valence-electron chi connectivity index (χ3n) is 4.92. The number of anilines is 1. The van der Waals surface area contributed by atoms with Gasteiger partial charge in [-0.15, -0.1) is 0 Å². The van der Waals surface area contributed by atoms with Crippen molar-refractivity contribution >= 4 is 17.6 Å². The summed E-state index contributed by atoms with van der Waals surface area (Å²) in [7, 11) is 0. The van der Waals surface area contributed by atoms with Gasteiger partial charge in [0.1, 0.15) is 0 Å². The standard InChI is InChI=1S/C23H35N5O2/c1-6-18(7-2)21-13-20(30-28-21)15-26-23(24-8-3)25-14-17-9-11-19(12-10-17)27-22(29)16(4)5/h9-13,16,18H,6-8,14-15H2,1-5H3,(H,27,29)(H2,24,25,26). The molecule has 0 atom stereocenters. The second-order valence-corrected chi connectivity index (χ2v) is 7.62. The highest BCUT2D eigenvalue weighted by molar-refractivity contribution is 5.92. The molecule has 7 nitrogen and oxygen atoms in total. The van der Waals surface area contributed by atoms with E-state index in [9.17, 15) is 4.79 Å². The van der Waals surface area contributed by atoms with Gasteiger partial charge in [-0.25, -0.2) is 4.99 Å². The van der Waals surface area contributed by atoms with E-state index in [1.165, 1.54) is 0 Å². The molecule has 30 heavy (non-hydrogen) atoms. The van der Waals surface area contributed by atoms with E-state index in [0.29, 0.717) is 19.0 Å². The van der Waals surface area contributed by atoms with Crippen LogP contribution in [-0.2, 0) is 17.9 Å². The minimum absolute atomic E-state index is 0.0131.